The number of aryl methyl sites for hydroxylation is 1. The zero-order valence-corrected chi connectivity index (χ0v) is 14.5. The van der Waals surface area contributed by atoms with Crippen molar-refractivity contribution < 1.29 is 4.79 Å². The van der Waals surface area contributed by atoms with Gasteiger partial charge in [0.25, 0.3) is 11.5 Å². The third-order valence-electron chi connectivity index (χ3n) is 6.50. The minimum atomic E-state index is -0.165. The number of rotatable bonds is 5. The van der Waals surface area contributed by atoms with Crippen molar-refractivity contribution in [1.29, 1.82) is 0 Å². The molecule has 5 nitrogen and oxygen atoms in total. The van der Waals surface area contributed by atoms with Crippen molar-refractivity contribution in [1.82, 2.24) is 15.1 Å². The normalized spacial score (nSPS) is 33.6. The predicted octanol–water partition coefficient (Wildman–Crippen LogP) is 2.60. The zero-order chi connectivity index (χ0) is 16.7. The number of carbonyl (C=O) groups excluding carboxylic acids is 1. The van der Waals surface area contributed by atoms with Crippen LogP contribution in [0.5, 0.6) is 0 Å². The molecular weight excluding hydrogens is 302 g/mol. The van der Waals surface area contributed by atoms with Crippen LogP contribution in [0.15, 0.2) is 16.9 Å². The lowest BCUT2D eigenvalue weighted by atomic mass is 9.49. The molecule has 4 aliphatic rings. The Morgan fingerprint density at radius 3 is 2.42 bits per heavy atom. The molecule has 4 saturated carbocycles. The number of nitrogens with zero attached hydrogens (tertiary/aromatic N) is 2. The van der Waals surface area contributed by atoms with Crippen molar-refractivity contribution in [3.63, 3.8) is 0 Å². The molecule has 1 amide bonds. The maximum Gasteiger partial charge on any atom is 0.271 e. The van der Waals surface area contributed by atoms with Crippen LogP contribution in [-0.2, 0) is 6.54 Å². The summed E-state index contributed by atoms with van der Waals surface area (Å²) >= 11 is 0. The van der Waals surface area contributed by atoms with Crippen molar-refractivity contribution in [3.05, 3.63) is 28.2 Å². The lowest BCUT2D eigenvalue weighted by Crippen LogP contribution is -2.47. The number of carbonyl (C=O) groups is 1. The third-order valence-corrected chi connectivity index (χ3v) is 6.50. The van der Waals surface area contributed by atoms with Gasteiger partial charge in [-0.1, -0.05) is 0 Å². The molecule has 0 atom stereocenters. The van der Waals surface area contributed by atoms with Crippen LogP contribution < -0.4 is 10.9 Å². The number of hydrogen-bond acceptors (Lipinski definition) is 3. The lowest BCUT2D eigenvalue weighted by Gasteiger charge is -2.57. The van der Waals surface area contributed by atoms with Crippen molar-refractivity contribution in [2.45, 2.75) is 58.4 Å². The molecule has 1 heterocycles. The van der Waals surface area contributed by atoms with E-state index < -0.39 is 0 Å². The van der Waals surface area contributed by atoms with Gasteiger partial charge in [0.1, 0.15) is 5.69 Å². The van der Waals surface area contributed by atoms with Crippen LogP contribution in [0.25, 0.3) is 0 Å². The zero-order valence-electron chi connectivity index (χ0n) is 14.5. The number of nitrogens with one attached hydrogen (secondary N) is 1. The first-order valence-corrected chi connectivity index (χ1v) is 9.43. The molecule has 0 spiro atoms. The monoisotopic (exact) mass is 329 g/mol. The first-order chi connectivity index (χ1) is 11.6. The van der Waals surface area contributed by atoms with Crippen LogP contribution in [0.2, 0.25) is 0 Å². The third kappa shape index (κ3) is 2.89. The van der Waals surface area contributed by atoms with Crippen LogP contribution in [-0.4, -0.2) is 22.2 Å². The van der Waals surface area contributed by atoms with E-state index in [0.717, 1.165) is 30.7 Å². The minimum absolute atomic E-state index is 0.164. The van der Waals surface area contributed by atoms with Crippen molar-refractivity contribution in [2.24, 2.45) is 23.2 Å². The molecule has 24 heavy (non-hydrogen) atoms. The maximum atomic E-state index is 12.3. The molecule has 4 fully saturated rings. The molecule has 0 aliphatic heterocycles. The van der Waals surface area contributed by atoms with Crippen LogP contribution >= 0.6 is 0 Å². The van der Waals surface area contributed by atoms with Crippen molar-refractivity contribution >= 4 is 5.91 Å². The average molecular weight is 329 g/mol. The van der Waals surface area contributed by atoms with Crippen LogP contribution in [0.3, 0.4) is 0 Å². The van der Waals surface area contributed by atoms with E-state index in [1.54, 1.807) is 0 Å². The molecule has 0 radical (unpaired) electrons. The van der Waals surface area contributed by atoms with Gasteiger partial charge in [-0.15, -0.1) is 0 Å². The molecule has 1 N–H and O–H groups in total. The second-order valence-electron chi connectivity index (χ2n) is 8.30. The fourth-order valence-electron chi connectivity index (χ4n) is 5.92. The van der Waals surface area contributed by atoms with E-state index in [4.69, 9.17) is 0 Å². The fourth-order valence-corrected chi connectivity index (χ4v) is 5.92. The van der Waals surface area contributed by atoms with Crippen molar-refractivity contribution in [3.8, 4) is 0 Å². The minimum Gasteiger partial charge on any atom is -0.351 e. The lowest BCUT2D eigenvalue weighted by molar-refractivity contribution is -0.0564. The molecular formula is C19H27N3O2. The smallest absolute Gasteiger partial charge is 0.271 e. The Morgan fingerprint density at radius 1 is 1.21 bits per heavy atom. The Morgan fingerprint density at radius 2 is 1.83 bits per heavy atom. The second kappa shape index (κ2) is 6.01. The van der Waals surface area contributed by atoms with Gasteiger partial charge in [-0.25, -0.2) is 4.68 Å². The standard InChI is InChI=1S/C19H27N3O2/c1-2-22-17(23)4-3-16(21-22)18(24)20-6-5-19-10-13-7-14(11-19)9-15(8-13)12-19/h3-4,13-15H,2,5-12H2,1H3,(H,20,24). The summed E-state index contributed by atoms with van der Waals surface area (Å²) in [6.45, 7) is 3.05. The highest BCUT2D eigenvalue weighted by atomic mass is 16.2. The summed E-state index contributed by atoms with van der Waals surface area (Å²) in [6, 6.07) is 2.94. The highest BCUT2D eigenvalue weighted by Gasteiger charge is 2.50. The number of amides is 1. The predicted molar refractivity (Wildman–Crippen MR) is 91.7 cm³/mol. The van der Waals surface area contributed by atoms with Gasteiger partial charge in [-0.05, 0) is 81.1 Å². The Labute approximate surface area is 142 Å². The van der Waals surface area contributed by atoms with Gasteiger partial charge in [-0.3, -0.25) is 9.59 Å². The quantitative estimate of drug-likeness (QED) is 0.903. The van der Waals surface area contributed by atoms with E-state index in [-0.39, 0.29) is 11.5 Å². The summed E-state index contributed by atoms with van der Waals surface area (Å²) < 4.78 is 1.33. The largest absolute Gasteiger partial charge is 0.351 e. The SMILES string of the molecule is CCn1nc(C(=O)NCCC23CC4CC(CC(C4)C2)C3)ccc1=O. The van der Waals surface area contributed by atoms with E-state index >= 15 is 0 Å². The van der Waals surface area contributed by atoms with Gasteiger partial charge in [-0.2, -0.15) is 5.10 Å². The van der Waals surface area contributed by atoms with Crippen LogP contribution in [0.1, 0.15) is 62.4 Å². The van der Waals surface area contributed by atoms with Gasteiger partial charge in [0.05, 0.1) is 0 Å². The van der Waals surface area contributed by atoms with Crippen molar-refractivity contribution in [2.75, 3.05) is 6.54 Å². The molecule has 1 aromatic heterocycles. The fraction of sp³-hybridized carbons (Fsp3) is 0.737. The van der Waals surface area contributed by atoms with Gasteiger partial charge in [0.2, 0.25) is 0 Å². The van der Waals surface area contributed by atoms with Crippen LogP contribution in [0, 0.1) is 23.2 Å². The Hall–Kier alpha value is -1.65. The molecule has 5 heteroatoms. The maximum absolute atomic E-state index is 12.3. The Balaban J connectivity index is 1.36. The molecule has 4 bridgehead atoms. The summed E-state index contributed by atoms with van der Waals surface area (Å²) in [7, 11) is 0. The number of hydrogen-bond donors (Lipinski definition) is 1. The number of aromatic nitrogens is 2. The molecule has 4 aliphatic carbocycles. The van der Waals surface area contributed by atoms with Gasteiger partial charge < -0.3 is 5.32 Å². The van der Waals surface area contributed by atoms with E-state index in [1.165, 1.54) is 55.3 Å². The molecule has 5 rings (SSSR count). The van der Waals surface area contributed by atoms with E-state index in [2.05, 4.69) is 10.4 Å². The van der Waals surface area contributed by atoms with E-state index in [1.807, 2.05) is 6.92 Å². The van der Waals surface area contributed by atoms with E-state index in [9.17, 15) is 9.59 Å². The van der Waals surface area contributed by atoms with Gasteiger partial charge >= 0.3 is 0 Å². The van der Waals surface area contributed by atoms with Crippen LogP contribution in [0.4, 0.5) is 0 Å². The summed E-state index contributed by atoms with van der Waals surface area (Å²) in [6.07, 6.45) is 9.56. The van der Waals surface area contributed by atoms with E-state index in [0.29, 0.717) is 17.7 Å². The average Bonchev–Trinajstić information content (AvgIpc) is 2.53. The first-order valence-electron chi connectivity index (χ1n) is 9.43. The highest BCUT2D eigenvalue weighted by Crippen LogP contribution is 2.61. The Kier molecular flexibility index (Phi) is 3.97. The summed E-state index contributed by atoms with van der Waals surface area (Å²) in [5, 5.41) is 7.16. The summed E-state index contributed by atoms with van der Waals surface area (Å²) in [5.41, 5.74) is 0.655. The first kappa shape index (κ1) is 15.9. The molecule has 0 saturated heterocycles. The molecule has 0 aromatic carbocycles. The Bertz CT molecular complexity index is 659. The summed E-state index contributed by atoms with van der Waals surface area (Å²) in [5.74, 6) is 2.67. The van der Waals surface area contributed by atoms with Gasteiger partial charge in [0, 0.05) is 19.2 Å². The summed E-state index contributed by atoms with van der Waals surface area (Å²) in [4.78, 5) is 23.9. The molecule has 0 unspecified atom stereocenters. The topological polar surface area (TPSA) is 64.0 Å². The van der Waals surface area contributed by atoms with Gasteiger partial charge in [0.15, 0.2) is 0 Å². The molecule has 1 aromatic rings. The molecule has 130 valence electrons. The highest BCUT2D eigenvalue weighted by molar-refractivity contribution is 5.91. The second-order valence-corrected chi connectivity index (χ2v) is 8.30.